The smallest absolute Gasteiger partial charge is 0.418 e. The summed E-state index contributed by atoms with van der Waals surface area (Å²) in [6.45, 7) is 4.74. The summed E-state index contributed by atoms with van der Waals surface area (Å²) in [5.41, 5.74) is -12.2. The standard InChI is InChI=1S/C76H84F6O23/c1-87-65(83)69-49-33-21-34(46-45(33)61-29-25-41-42(26-30(29)62(46)101-61)98-18-14-94-10-6-91-5-9-93-13-17-97-41)50(49)70(103-69,66(84)88-2)54-38-23-37(53(54)69)57-58(38)74(76(80,81)82)60-40-24-39(59(60)73(57,105-74)75(77,78)79)55-56(40)72(68(86)90-4)52-36-22-35(51(52)71(55,104-72)67(85)89-3)47-48(36)64-32-28-44-43(27-31(32)63(47)102-64)99-19-15-95-11-7-92-8-12-96-16-20-100-44/h25-28,33-40,45-64H,5-24H2,1-4H3. The van der Waals surface area contributed by atoms with Gasteiger partial charge in [-0.1, -0.05) is 0 Å². The van der Waals surface area contributed by atoms with Gasteiger partial charge in [-0.2, -0.15) is 26.3 Å². The Hall–Kier alpha value is -5.34. The number of methoxy groups -OCH3 is 4. The summed E-state index contributed by atoms with van der Waals surface area (Å²) in [6, 6.07) is 7.66. The van der Waals surface area contributed by atoms with Gasteiger partial charge in [-0.3, -0.25) is 0 Å². The summed E-state index contributed by atoms with van der Waals surface area (Å²) >= 11 is 0. The highest BCUT2D eigenvalue weighted by molar-refractivity contribution is 5.91. The van der Waals surface area contributed by atoms with Gasteiger partial charge in [0, 0.05) is 71.0 Å². The number of esters is 4. The molecule has 0 radical (unpaired) electrons. The molecule has 0 aromatic heterocycles. The second kappa shape index (κ2) is 22.2. The lowest BCUT2D eigenvalue weighted by atomic mass is 9.39. The van der Waals surface area contributed by atoms with E-state index in [1.165, 1.54) is 28.4 Å². The molecule has 23 nitrogen and oxygen atoms in total. The van der Waals surface area contributed by atoms with Gasteiger partial charge >= 0.3 is 36.2 Å². The van der Waals surface area contributed by atoms with E-state index in [-0.39, 0.29) is 89.4 Å². The largest absolute Gasteiger partial charge is 0.487 e. The van der Waals surface area contributed by atoms with Crippen LogP contribution in [0.1, 0.15) is 72.4 Å². The topological polar surface area (TPSA) is 244 Å². The SMILES string of the molecule is COC(=O)C12OC(C(=O)OC)(C3C4CC(C5C6OC(c7cc8c(cc76)OCCOCCOCCOCCO8)C45)C31)C1C3CC(C12)C1C3C2(C(F)(F)F)OC1(C(F)(F)F)C1C3CC(C4C3C3(C(=O)OC)OC4(C(=O)OC)C4C5CC(C6C7OC(c8cc9c(cc87)OCCOCCOCCOCCO9)C56)C43)C12. The molecule has 18 bridgehead atoms. The summed E-state index contributed by atoms with van der Waals surface area (Å²) in [4.78, 5) is 62.8. The molecule has 16 fully saturated rings. The van der Waals surface area contributed by atoms with Gasteiger partial charge in [0.15, 0.2) is 56.6 Å². The van der Waals surface area contributed by atoms with Crippen molar-refractivity contribution < 1.29 is 136 Å². The van der Waals surface area contributed by atoms with Crippen molar-refractivity contribution in [3.05, 3.63) is 46.5 Å². The minimum atomic E-state index is -5.50. The first-order valence-electron chi connectivity index (χ1n) is 38.0. The molecule has 32 unspecified atom stereocenters. The average molecular weight is 1480 g/mol. The molecule has 29 heteroatoms. The van der Waals surface area contributed by atoms with E-state index < -0.39 is 213 Å². The number of carbonyl (C=O) groups is 4. The van der Waals surface area contributed by atoms with Crippen LogP contribution < -0.4 is 18.9 Å². The fourth-order valence-corrected chi connectivity index (χ4v) is 30.7. The Bertz CT molecular complexity index is 3560. The Balaban J connectivity index is 0.642. The molecule has 2 aromatic rings. The van der Waals surface area contributed by atoms with E-state index >= 15 is 45.5 Å². The van der Waals surface area contributed by atoms with Crippen molar-refractivity contribution in [2.45, 2.75) is 96.1 Å². The fourth-order valence-electron chi connectivity index (χ4n) is 30.7. The maximum absolute atomic E-state index is 18.1. The van der Waals surface area contributed by atoms with E-state index in [0.717, 1.165) is 22.3 Å². The Morgan fingerprint density at radius 2 is 0.524 bits per heavy atom. The molecule has 8 saturated heterocycles. The molecule has 8 saturated carbocycles. The normalized spacial score (nSPS) is 51.4. The first-order valence-corrected chi connectivity index (χ1v) is 38.0. The van der Waals surface area contributed by atoms with Crippen LogP contribution in [-0.4, -0.2) is 204 Å². The molecule has 32 atom stereocenters. The van der Waals surface area contributed by atoms with Crippen LogP contribution in [0, 0.1) is 142 Å². The van der Waals surface area contributed by atoms with E-state index in [4.69, 9.17) is 90.0 Å². The van der Waals surface area contributed by atoms with Crippen LogP contribution in [0.2, 0.25) is 0 Å². The number of halogens is 6. The summed E-state index contributed by atoms with van der Waals surface area (Å²) in [6.07, 6.45) is -12.7. The zero-order chi connectivity index (χ0) is 71.5. The van der Waals surface area contributed by atoms with E-state index in [2.05, 4.69) is 0 Å². The predicted octanol–water partition coefficient (Wildman–Crippen LogP) is 7.12. The lowest BCUT2D eigenvalue weighted by Gasteiger charge is -2.60. The maximum Gasteiger partial charge on any atom is 0.418 e. The van der Waals surface area contributed by atoms with Crippen LogP contribution in [0.5, 0.6) is 23.0 Å². The molecule has 22 rings (SSSR count). The Morgan fingerprint density at radius 1 is 0.314 bits per heavy atom. The quantitative estimate of drug-likeness (QED) is 0.168. The molecule has 0 amide bonds. The van der Waals surface area contributed by atoms with Crippen LogP contribution in [0.15, 0.2) is 24.3 Å². The number of ether oxygens (including phenoxy) is 19. The first-order chi connectivity index (χ1) is 50.8. The second-order valence-corrected chi connectivity index (χ2v) is 33.8. The average Bonchev–Trinajstić information content (AvgIpc) is 1.42. The number of alkyl halides is 6. The number of rotatable bonds is 4. The lowest BCUT2D eigenvalue weighted by molar-refractivity contribution is -0.330. The van der Waals surface area contributed by atoms with Crippen molar-refractivity contribution in [2.24, 2.45) is 142 Å². The molecule has 12 aliphatic heterocycles. The maximum atomic E-state index is 18.1. The molecular weight excluding hydrogens is 1390 g/mol. The van der Waals surface area contributed by atoms with Crippen molar-refractivity contribution >= 4 is 23.9 Å². The third-order valence-corrected chi connectivity index (χ3v) is 31.7. The van der Waals surface area contributed by atoms with Crippen LogP contribution >= 0.6 is 0 Å². The predicted molar refractivity (Wildman–Crippen MR) is 335 cm³/mol. The number of hydrogen-bond donors (Lipinski definition) is 0. The van der Waals surface area contributed by atoms with E-state index in [1.54, 1.807) is 0 Å². The number of carbonyl (C=O) groups excluding carboxylic acids is 4. The van der Waals surface area contributed by atoms with Gasteiger partial charge in [-0.25, -0.2) is 19.2 Å². The monoisotopic (exact) mass is 1480 g/mol. The van der Waals surface area contributed by atoms with Gasteiger partial charge in [0.25, 0.3) is 0 Å². The molecule has 105 heavy (non-hydrogen) atoms. The van der Waals surface area contributed by atoms with Crippen molar-refractivity contribution in [3.63, 3.8) is 0 Å². The zero-order valence-corrected chi connectivity index (χ0v) is 58.3. The van der Waals surface area contributed by atoms with Crippen molar-refractivity contribution in [1.29, 1.82) is 0 Å². The molecule has 568 valence electrons. The van der Waals surface area contributed by atoms with Gasteiger partial charge in [0.1, 0.15) is 26.4 Å². The van der Waals surface area contributed by atoms with Crippen molar-refractivity contribution in [1.82, 2.24) is 0 Å². The molecule has 12 heterocycles. The third kappa shape index (κ3) is 7.50. The van der Waals surface area contributed by atoms with E-state index in [1.807, 2.05) is 24.3 Å². The van der Waals surface area contributed by atoms with Gasteiger partial charge in [-0.05, 0) is 143 Å². The lowest BCUT2D eigenvalue weighted by Crippen LogP contribution is -2.72. The molecule has 8 aliphatic carbocycles. The summed E-state index contributed by atoms with van der Waals surface area (Å²) in [5, 5.41) is 0. The minimum Gasteiger partial charge on any atom is -0.487 e. The van der Waals surface area contributed by atoms with Crippen LogP contribution in [-0.2, 0) is 90.2 Å². The van der Waals surface area contributed by atoms with Crippen LogP contribution in [0.4, 0.5) is 26.3 Å². The van der Waals surface area contributed by atoms with Gasteiger partial charge in [-0.15, -0.1) is 0 Å². The number of benzene rings is 2. The van der Waals surface area contributed by atoms with E-state index in [0.29, 0.717) is 88.7 Å². The van der Waals surface area contributed by atoms with Crippen LogP contribution in [0.25, 0.3) is 0 Å². The third-order valence-electron chi connectivity index (χ3n) is 31.7. The highest BCUT2D eigenvalue weighted by atomic mass is 19.4. The number of fused-ring (bicyclic) bond motifs is 66. The number of hydrogen-bond acceptors (Lipinski definition) is 23. The van der Waals surface area contributed by atoms with Crippen molar-refractivity contribution in [2.75, 3.05) is 134 Å². The summed E-state index contributed by atoms with van der Waals surface area (Å²) < 4.78 is 227. The summed E-state index contributed by atoms with van der Waals surface area (Å²) in [7, 11) is 4.68. The van der Waals surface area contributed by atoms with Gasteiger partial charge < -0.3 is 90.0 Å². The highest BCUT2D eigenvalue weighted by Crippen LogP contribution is 2.94. The van der Waals surface area contributed by atoms with Gasteiger partial charge in [0.2, 0.25) is 0 Å². The summed E-state index contributed by atoms with van der Waals surface area (Å²) in [5.74, 6) is -26.2. The molecule has 0 N–H and O–H groups in total. The Morgan fingerprint density at radius 3 is 0.743 bits per heavy atom. The Labute approximate surface area is 599 Å². The van der Waals surface area contributed by atoms with Gasteiger partial charge in [0.05, 0.1) is 132 Å². The fraction of sp³-hybridized carbons (Fsp3) is 0.789. The zero-order valence-electron chi connectivity index (χ0n) is 58.3. The minimum absolute atomic E-state index is 0.188. The van der Waals surface area contributed by atoms with Crippen LogP contribution in [0.3, 0.4) is 0 Å². The molecule has 0 spiro atoms. The second-order valence-electron chi connectivity index (χ2n) is 33.8. The van der Waals surface area contributed by atoms with E-state index in [9.17, 15) is 0 Å². The first kappa shape index (κ1) is 66.6. The molecular formula is C76H84F6O23. The molecule has 2 aromatic carbocycles. The highest BCUT2D eigenvalue weighted by Gasteiger charge is 3.03. The van der Waals surface area contributed by atoms with Crippen molar-refractivity contribution in [3.8, 4) is 23.0 Å². The molecule has 20 aliphatic rings. The Kier molecular flexibility index (Phi) is 14.1.